The predicted octanol–water partition coefficient (Wildman–Crippen LogP) is 3.60. The second-order valence-corrected chi connectivity index (χ2v) is 7.34. The number of methoxy groups -OCH3 is 1. The zero-order chi connectivity index (χ0) is 18.0. The molecule has 0 bridgehead atoms. The Morgan fingerprint density at radius 3 is 2.64 bits per heavy atom. The minimum Gasteiger partial charge on any atom is -0.468 e. The summed E-state index contributed by atoms with van der Waals surface area (Å²) < 4.78 is 10.2. The van der Waals surface area contributed by atoms with Crippen LogP contribution in [0, 0.1) is 0 Å². The van der Waals surface area contributed by atoms with Gasteiger partial charge in [0.05, 0.1) is 7.11 Å². The van der Waals surface area contributed by atoms with Crippen molar-refractivity contribution >= 4 is 34.9 Å². The highest BCUT2D eigenvalue weighted by Crippen LogP contribution is 2.36. The number of ether oxygens (including phenoxy) is 2. The first-order chi connectivity index (χ1) is 12.0. The number of fused-ring (bicyclic) bond motifs is 1. The predicted molar refractivity (Wildman–Crippen MR) is 96.0 cm³/mol. The van der Waals surface area contributed by atoms with Crippen molar-refractivity contribution in [3.63, 3.8) is 0 Å². The maximum Gasteiger partial charge on any atom is 0.327 e. The molecular weight excluding hydrogens is 362 g/mol. The van der Waals surface area contributed by atoms with Gasteiger partial charge in [0.2, 0.25) is 0 Å². The molecule has 25 heavy (non-hydrogen) atoms. The first-order valence-corrected chi connectivity index (χ1v) is 9.04. The van der Waals surface area contributed by atoms with Crippen LogP contribution in [0.5, 0.6) is 5.06 Å². The summed E-state index contributed by atoms with van der Waals surface area (Å²) in [6.07, 6.45) is 0.794. The van der Waals surface area contributed by atoms with E-state index in [0.717, 1.165) is 24.1 Å². The molecule has 5 nitrogen and oxygen atoms in total. The molecule has 7 heteroatoms. The van der Waals surface area contributed by atoms with Crippen LogP contribution in [0.3, 0.4) is 0 Å². The van der Waals surface area contributed by atoms with E-state index in [4.69, 9.17) is 21.1 Å². The zero-order valence-corrected chi connectivity index (χ0v) is 15.5. The maximum absolute atomic E-state index is 12.4. The Morgan fingerprint density at radius 1 is 1.28 bits per heavy atom. The van der Waals surface area contributed by atoms with Gasteiger partial charge in [-0.25, -0.2) is 4.79 Å². The first-order valence-electron chi connectivity index (χ1n) is 7.85. The highest BCUT2D eigenvalue weighted by atomic mass is 35.5. The summed E-state index contributed by atoms with van der Waals surface area (Å²) in [5.41, 5.74) is 1.92. The Labute approximate surface area is 155 Å². The lowest BCUT2D eigenvalue weighted by atomic mass is 10.0. The number of nitrogens with zero attached hydrogens (tertiary/aromatic N) is 1. The van der Waals surface area contributed by atoms with Crippen LogP contribution in [0.4, 0.5) is 0 Å². The van der Waals surface area contributed by atoms with Gasteiger partial charge in [-0.2, -0.15) is 0 Å². The normalized spacial score (nSPS) is 15.3. The number of carbonyl (C=O) groups is 2. The molecule has 0 spiro atoms. The highest BCUT2D eigenvalue weighted by molar-refractivity contribution is 7.14. The lowest BCUT2D eigenvalue weighted by molar-refractivity contribution is -0.147. The van der Waals surface area contributed by atoms with Crippen molar-refractivity contribution in [3.8, 4) is 5.06 Å². The molecule has 0 saturated carbocycles. The molecule has 1 unspecified atom stereocenters. The molecule has 0 radical (unpaired) electrons. The number of halogens is 1. The van der Waals surface area contributed by atoms with Crippen molar-refractivity contribution in [1.29, 1.82) is 0 Å². The van der Waals surface area contributed by atoms with Gasteiger partial charge in [-0.1, -0.05) is 23.7 Å². The number of hydrogen-bond donors (Lipinski definition) is 0. The van der Waals surface area contributed by atoms with Crippen molar-refractivity contribution in [2.75, 3.05) is 13.7 Å². The summed E-state index contributed by atoms with van der Waals surface area (Å²) in [6.45, 7) is 2.70. The number of hydrogen-bond acceptors (Lipinski definition) is 6. The lowest BCUT2D eigenvalue weighted by Crippen LogP contribution is -2.38. The minimum absolute atomic E-state index is 0.304. The fourth-order valence-corrected chi connectivity index (χ4v) is 4.17. The summed E-state index contributed by atoms with van der Waals surface area (Å²) in [4.78, 5) is 26.8. The van der Waals surface area contributed by atoms with Gasteiger partial charge in [0, 0.05) is 29.9 Å². The fraction of sp³-hybridized carbons (Fsp3) is 0.333. The van der Waals surface area contributed by atoms with E-state index >= 15 is 0 Å². The van der Waals surface area contributed by atoms with Gasteiger partial charge >= 0.3 is 11.9 Å². The third-order valence-electron chi connectivity index (χ3n) is 4.09. The highest BCUT2D eigenvalue weighted by Gasteiger charge is 2.32. The Morgan fingerprint density at radius 2 is 2.00 bits per heavy atom. The molecule has 0 N–H and O–H groups in total. The molecule has 3 rings (SSSR count). The topological polar surface area (TPSA) is 55.8 Å². The third kappa shape index (κ3) is 4.03. The monoisotopic (exact) mass is 379 g/mol. The molecule has 1 atom stereocenters. The van der Waals surface area contributed by atoms with E-state index in [9.17, 15) is 9.59 Å². The average molecular weight is 380 g/mol. The number of thiophene rings is 1. The van der Waals surface area contributed by atoms with Crippen molar-refractivity contribution < 1.29 is 19.1 Å². The molecule has 0 fully saturated rings. The molecule has 1 aliphatic heterocycles. The molecule has 1 aromatic heterocycles. The fourth-order valence-electron chi connectivity index (χ4n) is 2.99. The summed E-state index contributed by atoms with van der Waals surface area (Å²) in [5.74, 6) is -0.634. The third-order valence-corrected chi connectivity index (χ3v) is 5.46. The number of rotatable bonds is 4. The van der Waals surface area contributed by atoms with E-state index in [1.54, 1.807) is 12.1 Å². The molecule has 0 saturated heterocycles. The van der Waals surface area contributed by atoms with E-state index in [-0.39, 0.29) is 11.9 Å². The smallest absolute Gasteiger partial charge is 0.327 e. The minimum atomic E-state index is -0.493. The summed E-state index contributed by atoms with van der Waals surface area (Å²) in [6, 6.07) is 8.61. The van der Waals surface area contributed by atoms with Crippen molar-refractivity contribution in [2.24, 2.45) is 0 Å². The second-order valence-electron chi connectivity index (χ2n) is 5.81. The maximum atomic E-state index is 12.4. The van der Waals surface area contributed by atoms with Gasteiger partial charge in [0.1, 0.15) is 6.04 Å². The van der Waals surface area contributed by atoms with Gasteiger partial charge in [-0.05, 0) is 35.7 Å². The van der Waals surface area contributed by atoms with E-state index < -0.39 is 6.04 Å². The van der Waals surface area contributed by atoms with Gasteiger partial charge in [0.25, 0.3) is 0 Å². The summed E-state index contributed by atoms with van der Waals surface area (Å²) >= 11 is 7.44. The number of esters is 2. The van der Waals surface area contributed by atoms with Crippen molar-refractivity contribution in [3.05, 3.63) is 51.4 Å². The quantitative estimate of drug-likeness (QED) is 0.760. The summed E-state index contributed by atoms with van der Waals surface area (Å²) in [5, 5.41) is 1.22. The number of carbonyl (C=O) groups excluding carboxylic acids is 2. The van der Waals surface area contributed by atoms with Crippen LogP contribution < -0.4 is 4.74 Å². The first kappa shape index (κ1) is 17.9. The Balaban J connectivity index is 1.85. The molecule has 1 aromatic carbocycles. The van der Waals surface area contributed by atoms with E-state index in [1.807, 2.05) is 18.2 Å². The number of benzene rings is 1. The van der Waals surface area contributed by atoms with Crippen LogP contribution >= 0.6 is 22.9 Å². The SMILES string of the molecule is COC(=O)C(c1ccc(Cl)cc1)N1CCc2sc(OC(C)=O)cc2C1. The van der Waals surface area contributed by atoms with Gasteiger partial charge in [-0.15, -0.1) is 11.3 Å². The molecule has 1 aliphatic rings. The van der Waals surface area contributed by atoms with Crippen LogP contribution in [-0.2, 0) is 27.3 Å². The Bertz CT molecular complexity index is 787. The molecule has 0 amide bonds. The molecular formula is C18H18ClNO4S. The van der Waals surface area contributed by atoms with Crippen LogP contribution in [0.25, 0.3) is 0 Å². The van der Waals surface area contributed by atoms with Gasteiger partial charge in [-0.3, -0.25) is 9.69 Å². The largest absolute Gasteiger partial charge is 0.468 e. The van der Waals surface area contributed by atoms with E-state index in [0.29, 0.717) is 16.6 Å². The molecule has 132 valence electrons. The molecule has 2 heterocycles. The summed E-state index contributed by atoms with van der Waals surface area (Å²) in [7, 11) is 1.39. The lowest BCUT2D eigenvalue weighted by Gasteiger charge is -2.33. The second kappa shape index (κ2) is 7.56. The van der Waals surface area contributed by atoms with E-state index in [1.165, 1.54) is 30.2 Å². The average Bonchev–Trinajstić information content (AvgIpc) is 2.97. The van der Waals surface area contributed by atoms with Crippen LogP contribution in [0.15, 0.2) is 30.3 Å². The van der Waals surface area contributed by atoms with Gasteiger partial charge < -0.3 is 9.47 Å². The standard InChI is InChI=1S/C18H18ClNO4S/c1-11(21)24-16-9-13-10-20(8-7-15(13)25-16)17(18(22)23-2)12-3-5-14(19)6-4-12/h3-6,9,17H,7-8,10H2,1-2H3. The van der Waals surface area contributed by atoms with Crippen LogP contribution in [-0.4, -0.2) is 30.5 Å². The Hall–Kier alpha value is -1.89. The molecule has 2 aromatic rings. The van der Waals surface area contributed by atoms with Crippen LogP contribution in [0.1, 0.15) is 29.0 Å². The zero-order valence-electron chi connectivity index (χ0n) is 14.0. The molecule has 0 aliphatic carbocycles. The Kier molecular flexibility index (Phi) is 5.42. The van der Waals surface area contributed by atoms with E-state index in [2.05, 4.69) is 4.90 Å². The van der Waals surface area contributed by atoms with Crippen LogP contribution in [0.2, 0.25) is 5.02 Å². The van der Waals surface area contributed by atoms with Crippen molar-refractivity contribution in [1.82, 2.24) is 4.90 Å². The van der Waals surface area contributed by atoms with Crippen molar-refractivity contribution in [2.45, 2.75) is 25.9 Å². The van der Waals surface area contributed by atoms with Gasteiger partial charge in [0.15, 0.2) is 5.06 Å².